The monoisotopic (exact) mass is 436 g/mol. The first-order chi connectivity index (χ1) is 13.0. The topological polar surface area (TPSA) is 151 Å². The fraction of sp³-hybridized carbons (Fsp3) is 0.765. The largest absolute Gasteiger partial charge is 0.480 e. The number of nitrogens with one attached hydrogen (secondary N) is 3. The van der Waals surface area contributed by atoms with Gasteiger partial charge in [0.1, 0.15) is 18.1 Å². The standard InChI is InChI=1S/C17H32N4O5S2/c1-9(2)7-13(16(24)19-10(3)17(25)26)21-15(23)12(5-6-28-4)20-14(22)11(18)8-27/h9-13,27H,5-8,18H2,1-4H3,(H,19,24)(H,20,22)(H,21,23)(H,25,26). The van der Waals surface area contributed by atoms with Crippen LogP contribution in [-0.2, 0) is 19.2 Å². The molecule has 0 heterocycles. The van der Waals surface area contributed by atoms with Gasteiger partial charge in [0.15, 0.2) is 0 Å². The normalized spacial score (nSPS) is 15.2. The van der Waals surface area contributed by atoms with Gasteiger partial charge in [-0.05, 0) is 37.7 Å². The molecule has 3 amide bonds. The van der Waals surface area contributed by atoms with E-state index in [2.05, 4.69) is 28.6 Å². The van der Waals surface area contributed by atoms with E-state index in [-0.39, 0.29) is 11.7 Å². The van der Waals surface area contributed by atoms with E-state index in [1.54, 1.807) is 0 Å². The molecule has 0 aliphatic carbocycles. The Balaban J connectivity index is 5.24. The lowest BCUT2D eigenvalue weighted by Gasteiger charge is -2.25. The molecule has 0 spiro atoms. The molecule has 0 aromatic heterocycles. The number of hydrogen-bond donors (Lipinski definition) is 6. The van der Waals surface area contributed by atoms with E-state index in [1.807, 2.05) is 20.1 Å². The fourth-order valence-corrected chi connectivity index (χ4v) is 2.85. The van der Waals surface area contributed by atoms with Crippen LogP contribution in [0.5, 0.6) is 0 Å². The Morgan fingerprint density at radius 1 is 1.00 bits per heavy atom. The number of thioether (sulfide) groups is 1. The van der Waals surface area contributed by atoms with Crippen LogP contribution in [-0.4, -0.2) is 70.7 Å². The highest BCUT2D eigenvalue weighted by Crippen LogP contribution is 2.08. The van der Waals surface area contributed by atoms with Crippen molar-refractivity contribution in [2.45, 2.75) is 57.8 Å². The Hall–Kier alpha value is -1.46. The molecule has 0 saturated carbocycles. The van der Waals surface area contributed by atoms with Gasteiger partial charge in [0.2, 0.25) is 17.7 Å². The SMILES string of the molecule is CSCCC(NC(=O)C(N)CS)C(=O)NC(CC(C)C)C(=O)NC(C)C(=O)O. The summed E-state index contributed by atoms with van der Waals surface area (Å²) in [7, 11) is 0. The summed E-state index contributed by atoms with van der Waals surface area (Å²) in [6.45, 7) is 5.10. The fourth-order valence-electron chi connectivity index (χ4n) is 2.22. The van der Waals surface area contributed by atoms with E-state index in [0.29, 0.717) is 18.6 Å². The maximum atomic E-state index is 12.7. The Kier molecular flexibility index (Phi) is 13.0. The molecule has 0 rings (SSSR count). The molecule has 4 atom stereocenters. The van der Waals surface area contributed by atoms with Gasteiger partial charge in [-0.25, -0.2) is 0 Å². The summed E-state index contributed by atoms with van der Waals surface area (Å²) in [6.07, 6.45) is 2.56. The molecule has 28 heavy (non-hydrogen) atoms. The Bertz CT molecular complexity index is 548. The number of thiol groups is 1. The van der Waals surface area contributed by atoms with Crippen molar-refractivity contribution < 1.29 is 24.3 Å². The predicted molar refractivity (Wildman–Crippen MR) is 113 cm³/mol. The van der Waals surface area contributed by atoms with E-state index >= 15 is 0 Å². The van der Waals surface area contributed by atoms with E-state index < -0.39 is 47.9 Å². The molecular weight excluding hydrogens is 404 g/mol. The lowest BCUT2D eigenvalue weighted by molar-refractivity contribution is -0.141. The maximum absolute atomic E-state index is 12.7. The van der Waals surface area contributed by atoms with Crippen molar-refractivity contribution in [3.05, 3.63) is 0 Å². The van der Waals surface area contributed by atoms with Gasteiger partial charge in [0, 0.05) is 5.75 Å². The van der Waals surface area contributed by atoms with Crippen LogP contribution >= 0.6 is 24.4 Å². The zero-order valence-electron chi connectivity index (χ0n) is 16.7. The second kappa shape index (κ2) is 13.7. The highest BCUT2D eigenvalue weighted by atomic mass is 32.2. The van der Waals surface area contributed by atoms with Crippen LogP contribution in [0, 0.1) is 5.92 Å². The van der Waals surface area contributed by atoms with Crippen LogP contribution in [0.4, 0.5) is 0 Å². The van der Waals surface area contributed by atoms with Crippen LogP contribution < -0.4 is 21.7 Å². The Morgan fingerprint density at radius 3 is 2.00 bits per heavy atom. The van der Waals surface area contributed by atoms with Gasteiger partial charge < -0.3 is 26.8 Å². The van der Waals surface area contributed by atoms with Crippen molar-refractivity contribution in [1.82, 2.24) is 16.0 Å². The number of rotatable bonds is 13. The number of nitrogens with two attached hydrogens (primary N) is 1. The molecule has 9 nitrogen and oxygen atoms in total. The predicted octanol–water partition coefficient (Wildman–Crippen LogP) is -0.398. The van der Waals surface area contributed by atoms with Crippen LogP contribution in [0.3, 0.4) is 0 Å². The third kappa shape index (κ3) is 10.2. The van der Waals surface area contributed by atoms with Crippen LogP contribution in [0.2, 0.25) is 0 Å². The third-order valence-electron chi connectivity index (χ3n) is 3.85. The molecular formula is C17H32N4O5S2. The van der Waals surface area contributed by atoms with Crippen molar-refractivity contribution in [3.63, 3.8) is 0 Å². The first kappa shape index (κ1) is 26.5. The van der Waals surface area contributed by atoms with E-state index in [4.69, 9.17) is 10.8 Å². The molecule has 0 aliphatic heterocycles. The van der Waals surface area contributed by atoms with Crippen molar-refractivity contribution >= 4 is 48.1 Å². The molecule has 0 bridgehead atoms. The average molecular weight is 437 g/mol. The molecule has 0 fully saturated rings. The minimum absolute atomic E-state index is 0.0769. The Labute approximate surface area is 175 Å². The minimum atomic E-state index is -1.17. The molecule has 0 aliphatic rings. The molecule has 0 radical (unpaired) electrons. The van der Waals surface area contributed by atoms with Gasteiger partial charge in [-0.3, -0.25) is 19.2 Å². The summed E-state index contributed by atoms with van der Waals surface area (Å²) in [5.74, 6) is -1.95. The highest BCUT2D eigenvalue weighted by molar-refractivity contribution is 7.98. The van der Waals surface area contributed by atoms with Gasteiger partial charge in [-0.15, -0.1) is 0 Å². The average Bonchev–Trinajstić information content (AvgIpc) is 2.62. The first-order valence-electron chi connectivity index (χ1n) is 9.02. The number of carbonyl (C=O) groups excluding carboxylic acids is 3. The number of carboxylic acid groups (broad SMARTS) is 1. The first-order valence-corrected chi connectivity index (χ1v) is 11.0. The summed E-state index contributed by atoms with van der Waals surface area (Å²) in [5.41, 5.74) is 5.65. The quantitative estimate of drug-likeness (QED) is 0.215. The van der Waals surface area contributed by atoms with Crippen LogP contribution in [0.1, 0.15) is 33.6 Å². The lowest BCUT2D eigenvalue weighted by Crippen LogP contribution is -2.57. The maximum Gasteiger partial charge on any atom is 0.325 e. The zero-order valence-corrected chi connectivity index (χ0v) is 18.4. The number of aliphatic carboxylic acids is 1. The second-order valence-electron chi connectivity index (χ2n) is 6.89. The van der Waals surface area contributed by atoms with E-state index in [1.165, 1.54) is 18.7 Å². The summed E-state index contributed by atoms with van der Waals surface area (Å²) < 4.78 is 0. The molecule has 0 aromatic carbocycles. The third-order valence-corrected chi connectivity index (χ3v) is 4.88. The summed E-state index contributed by atoms with van der Waals surface area (Å²) >= 11 is 5.49. The van der Waals surface area contributed by atoms with Crippen molar-refractivity contribution in [2.75, 3.05) is 17.8 Å². The smallest absolute Gasteiger partial charge is 0.325 e. The number of carboxylic acids is 1. The molecule has 4 unspecified atom stereocenters. The lowest BCUT2D eigenvalue weighted by atomic mass is 10.0. The van der Waals surface area contributed by atoms with Gasteiger partial charge >= 0.3 is 5.97 Å². The summed E-state index contributed by atoms with van der Waals surface area (Å²) in [4.78, 5) is 48.2. The van der Waals surface area contributed by atoms with Crippen molar-refractivity contribution in [3.8, 4) is 0 Å². The summed E-state index contributed by atoms with van der Waals surface area (Å²) in [6, 6.07) is -3.70. The summed E-state index contributed by atoms with van der Waals surface area (Å²) in [5, 5.41) is 16.6. The van der Waals surface area contributed by atoms with Gasteiger partial charge in [0.25, 0.3) is 0 Å². The molecule has 0 saturated heterocycles. The highest BCUT2D eigenvalue weighted by Gasteiger charge is 2.29. The minimum Gasteiger partial charge on any atom is -0.480 e. The van der Waals surface area contributed by atoms with Crippen LogP contribution in [0.25, 0.3) is 0 Å². The zero-order chi connectivity index (χ0) is 21.9. The van der Waals surface area contributed by atoms with Crippen molar-refractivity contribution in [2.24, 2.45) is 11.7 Å². The molecule has 11 heteroatoms. The van der Waals surface area contributed by atoms with Crippen molar-refractivity contribution in [1.29, 1.82) is 0 Å². The molecule has 162 valence electrons. The van der Waals surface area contributed by atoms with Gasteiger partial charge in [-0.2, -0.15) is 24.4 Å². The Morgan fingerprint density at radius 2 is 1.54 bits per heavy atom. The number of hydrogen-bond acceptors (Lipinski definition) is 7. The molecule has 6 N–H and O–H groups in total. The number of amides is 3. The second-order valence-corrected chi connectivity index (χ2v) is 8.24. The van der Waals surface area contributed by atoms with Gasteiger partial charge in [0.05, 0.1) is 6.04 Å². The number of carbonyl (C=O) groups is 4. The van der Waals surface area contributed by atoms with Crippen LogP contribution in [0.15, 0.2) is 0 Å². The molecule has 0 aromatic rings. The van der Waals surface area contributed by atoms with Gasteiger partial charge in [-0.1, -0.05) is 13.8 Å². The van der Waals surface area contributed by atoms with E-state index in [0.717, 1.165) is 0 Å². The van der Waals surface area contributed by atoms with E-state index in [9.17, 15) is 19.2 Å².